The molecule has 7 heteroatoms. The smallest absolute Gasteiger partial charge is 0.342 e. The summed E-state index contributed by atoms with van der Waals surface area (Å²) in [5.74, 6) is -0.976. The second kappa shape index (κ2) is 8.55. The predicted octanol–water partition coefficient (Wildman–Crippen LogP) is 5.58. The number of hydrogen-bond acceptors (Lipinski definition) is 6. The number of fused-ring (bicyclic) bond motifs is 3. The zero-order chi connectivity index (χ0) is 22.8. The Morgan fingerprint density at radius 3 is 2.70 bits per heavy atom. The molecule has 0 unspecified atom stereocenters. The topological polar surface area (TPSA) is 81.4 Å². The van der Waals surface area contributed by atoms with Crippen LogP contribution in [0.25, 0.3) is 21.7 Å². The molecule has 0 aliphatic rings. The molecule has 0 amide bonds. The molecule has 0 radical (unpaired) electrons. The number of nitrogens with zero attached hydrogens (tertiary/aromatic N) is 1. The van der Waals surface area contributed by atoms with Crippen molar-refractivity contribution in [1.29, 1.82) is 0 Å². The molecular formula is C26H17FN2O4. The molecule has 3 aromatic carbocycles. The summed E-state index contributed by atoms with van der Waals surface area (Å²) in [5, 5.41) is 5.39. The molecule has 5 aromatic rings. The Kier molecular flexibility index (Phi) is 5.28. The highest BCUT2D eigenvalue weighted by Gasteiger charge is 2.17. The highest BCUT2D eigenvalue weighted by Crippen LogP contribution is 2.28. The van der Waals surface area contributed by atoms with E-state index in [-0.39, 0.29) is 23.7 Å². The average Bonchev–Trinajstić information content (AvgIpc) is 2.83. The monoisotopic (exact) mass is 440 g/mol. The second-order valence-corrected chi connectivity index (χ2v) is 7.33. The molecule has 0 saturated heterocycles. The fraction of sp³-hybridized carbons (Fsp3) is 0.0385. The van der Waals surface area contributed by atoms with Crippen LogP contribution in [0.15, 0.2) is 94.3 Å². The van der Waals surface area contributed by atoms with E-state index in [9.17, 15) is 14.0 Å². The first kappa shape index (κ1) is 20.4. The summed E-state index contributed by atoms with van der Waals surface area (Å²) in [6.45, 7) is -0.150. The maximum atomic E-state index is 14.0. The number of esters is 1. The van der Waals surface area contributed by atoms with Crippen molar-refractivity contribution in [3.63, 3.8) is 0 Å². The minimum absolute atomic E-state index is 0.137. The quantitative estimate of drug-likeness (QED) is 0.218. The van der Waals surface area contributed by atoms with E-state index in [0.717, 1.165) is 10.8 Å². The molecule has 0 bridgehead atoms. The van der Waals surface area contributed by atoms with Gasteiger partial charge >= 0.3 is 11.6 Å². The van der Waals surface area contributed by atoms with Gasteiger partial charge in [-0.1, -0.05) is 42.5 Å². The summed E-state index contributed by atoms with van der Waals surface area (Å²) >= 11 is 0. The van der Waals surface area contributed by atoms with E-state index in [1.54, 1.807) is 30.3 Å². The van der Waals surface area contributed by atoms with E-state index in [2.05, 4.69) is 10.3 Å². The van der Waals surface area contributed by atoms with Crippen LogP contribution < -0.4 is 10.9 Å². The Morgan fingerprint density at radius 1 is 1.00 bits per heavy atom. The molecule has 0 atom stereocenters. The number of nitrogens with one attached hydrogen (secondary N) is 1. The van der Waals surface area contributed by atoms with Gasteiger partial charge in [-0.15, -0.1) is 0 Å². The molecule has 0 spiro atoms. The Balaban J connectivity index is 1.46. The van der Waals surface area contributed by atoms with Gasteiger partial charge in [-0.25, -0.2) is 19.0 Å². The molecule has 33 heavy (non-hydrogen) atoms. The SMILES string of the molecule is O=C(OCc1cc(=O)oc2ccc3ccccc3c12)c1cccnc1Nc1ccccc1F. The third-order valence-electron chi connectivity index (χ3n) is 5.23. The molecule has 5 rings (SSSR count). The van der Waals surface area contributed by atoms with Crippen LogP contribution in [0.3, 0.4) is 0 Å². The van der Waals surface area contributed by atoms with Gasteiger partial charge < -0.3 is 14.5 Å². The molecule has 2 aromatic heterocycles. The number of hydrogen-bond donors (Lipinski definition) is 1. The number of halogens is 1. The van der Waals surface area contributed by atoms with Gasteiger partial charge in [-0.2, -0.15) is 0 Å². The lowest BCUT2D eigenvalue weighted by molar-refractivity contribution is 0.0474. The zero-order valence-electron chi connectivity index (χ0n) is 17.2. The van der Waals surface area contributed by atoms with Crippen LogP contribution in [0.1, 0.15) is 15.9 Å². The first-order chi connectivity index (χ1) is 16.1. The van der Waals surface area contributed by atoms with E-state index in [1.807, 2.05) is 30.3 Å². The Hall–Kier alpha value is -4.52. The van der Waals surface area contributed by atoms with Gasteiger partial charge in [0.2, 0.25) is 0 Å². The molecule has 0 aliphatic carbocycles. The maximum Gasteiger partial charge on any atom is 0.342 e. The molecule has 0 aliphatic heterocycles. The van der Waals surface area contributed by atoms with Crippen LogP contribution in [0.4, 0.5) is 15.9 Å². The molecule has 1 N–H and O–H groups in total. The predicted molar refractivity (Wildman–Crippen MR) is 123 cm³/mol. The average molecular weight is 440 g/mol. The maximum absolute atomic E-state index is 14.0. The number of aromatic nitrogens is 1. The van der Waals surface area contributed by atoms with E-state index in [0.29, 0.717) is 16.5 Å². The largest absolute Gasteiger partial charge is 0.457 e. The van der Waals surface area contributed by atoms with E-state index < -0.39 is 17.4 Å². The van der Waals surface area contributed by atoms with E-state index in [4.69, 9.17) is 9.15 Å². The number of rotatable bonds is 5. The number of anilines is 2. The van der Waals surface area contributed by atoms with Gasteiger partial charge in [0, 0.05) is 23.2 Å². The first-order valence-electron chi connectivity index (χ1n) is 10.2. The molecule has 2 heterocycles. The molecule has 0 fully saturated rings. The van der Waals surface area contributed by atoms with Crippen molar-refractivity contribution in [1.82, 2.24) is 4.98 Å². The van der Waals surface area contributed by atoms with Gasteiger partial charge in [0.15, 0.2) is 0 Å². The van der Waals surface area contributed by atoms with Crippen molar-refractivity contribution >= 4 is 39.2 Å². The number of benzene rings is 3. The number of para-hydroxylation sites is 1. The van der Waals surface area contributed by atoms with Gasteiger partial charge in [-0.3, -0.25) is 0 Å². The summed E-state index contributed by atoms with van der Waals surface area (Å²) < 4.78 is 24.9. The van der Waals surface area contributed by atoms with Crippen molar-refractivity contribution in [2.75, 3.05) is 5.32 Å². The standard InChI is InChI=1S/C26H17FN2O4/c27-20-9-3-4-10-21(20)29-25-19(8-5-13-28-25)26(31)32-15-17-14-23(30)33-22-12-11-16-6-1-2-7-18(16)24(17)22/h1-14H,15H2,(H,28,29). The number of ether oxygens (including phenoxy) is 1. The number of pyridine rings is 1. The third-order valence-corrected chi connectivity index (χ3v) is 5.23. The molecule has 0 saturated carbocycles. The van der Waals surface area contributed by atoms with Crippen molar-refractivity contribution < 1.29 is 18.3 Å². The minimum atomic E-state index is -0.663. The fourth-order valence-electron chi connectivity index (χ4n) is 3.71. The lowest BCUT2D eigenvalue weighted by Crippen LogP contribution is -2.11. The fourth-order valence-corrected chi connectivity index (χ4v) is 3.71. The van der Waals surface area contributed by atoms with Gasteiger partial charge in [-0.05, 0) is 41.1 Å². The van der Waals surface area contributed by atoms with Crippen molar-refractivity contribution in [2.45, 2.75) is 6.61 Å². The summed E-state index contributed by atoms with van der Waals surface area (Å²) in [4.78, 5) is 29.1. The summed E-state index contributed by atoms with van der Waals surface area (Å²) in [6.07, 6.45) is 1.49. The lowest BCUT2D eigenvalue weighted by Gasteiger charge is -2.12. The summed E-state index contributed by atoms with van der Waals surface area (Å²) in [5.41, 5.74) is 0.725. The van der Waals surface area contributed by atoms with Gasteiger partial charge in [0.1, 0.15) is 29.4 Å². The van der Waals surface area contributed by atoms with Crippen LogP contribution >= 0.6 is 0 Å². The van der Waals surface area contributed by atoms with Crippen molar-refractivity contribution in [3.05, 3.63) is 112 Å². The third kappa shape index (κ3) is 4.04. The summed E-state index contributed by atoms with van der Waals surface area (Å²) in [6, 6.07) is 21.8. The van der Waals surface area contributed by atoms with Crippen LogP contribution in [0, 0.1) is 5.82 Å². The van der Waals surface area contributed by atoms with Crippen molar-refractivity contribution in [3.8, 4) is 0 Å². The minimum Gasteiger partial charge on any atom is -0.457 e. The molecule has 162 valence electrons. The zero-order valence-corrected chi connectivity index (χ0v) is 17.2. The van der Waals surface area contributed by atoms with Crippen LogP contribution in [-0.2, 0) is 11.3 Å². The Labute approximate surface area is 187 Å². The van der Waals surface area contributed by atoms with Crippen LogP contribution in [0.2, 0.25) is 0 Å². The van der Waals surface area contributed by atoms with Crippen LogP contribution in [-0.4, -0.2) is 11.0 Å². The number of carbonyl (C=O) groups excluding carboxylic acids is 1. The summed E-state index contributed by atoms with van der Waals surface area (Å²) in [7, 11) is 0. The molecular weight excluding hydrogens is 423 g/mol. The van der Waals surface area contributed by atoms with Gasteiger partial charge in [0.05, 0.1) is 5.69 Å². The second-order valence-electron chi connectivity index (χ2n) is 7.33. The van der Waals surface area contributed by atoms with Crippen molar-refractivity contribution in [2.24, 2.45) is 0 Å². The lowest BCUT2D eigenvalue weighted by atomic mass is 10.0. The van der Waals surface area contributed by atoms with E-state index in [1.165, 1.54) is 24.4 Å². The highest BCUT2D eigenvalue weighted by molar-refractivity contribution is 6.07. The molecule has 6 nitrogen and oxygen atoms in total. The Morgan fingerprint density at radius 2 is 1.82 bits per heavy atom. The van der Waals surface area contributed by atoms with E-state index >= 15 is 0 Å². The highest BCUT2D eigenvalue weighted by atomic mass is 19.1. The first-order valence-corrected chi connectivity index (χ1v) is 10.2. The normalized spacial score (nSPS) is 10.9. The number of carbonyl (C=O) groups is 1. The van der Waals surface area contributed by atoms with Crippen LogP contribution in [0.5, 0.6) is 0 Å². The van der Waals surface area contributed by atoms with Gasteiger partial charge in [0.25, 0.3) is 0 Å². The Bertz CT molecular complexity index is 1560.